The Morgan fingerprint density at radius 3 is 2.88 bits per heavy atom. The van der Waals surface area contributed by atoms with E-state index in [1.54, 1.807) is 34.5 Å². The first-order chi connectivity index (χ1) is 11.7. The SMILES string of the molecule is CCOC(=O)CN(CC1CC1)C(=O)Cc1csc(-c2ccsc2)n1. The fourth-order valence-electron chi connectivity index (χ4n) is 2.40. The Hall–Kier alpha value is -1.73. The van der Waals surface area contributed by atoms with Crippen LogP contribution in [-0.4, -0.2) is 41.5 Å². The molecule has 0 atom stereocenters. The Balaban J connectivity index is 1.62. The number of rotatable bonds is 8. The third kappa shape index (κ3) is 4.64. The number of carbonyl (C=O) groups is 2. The fraction of sp³-hybridized carbons (Fsp3) is 0.471. The van der Waals surface area contributed by atoms with Gasteiger partial charge in [-0.15, -0.1) is 11.3 Å². The summed E-state index contributed by atoms with van der Waals surface area (Å²) >= 11 is 3.17. The van der Waals surface area contributed by atoms with E-state index in [-0.39, 0.29) is 24.8 Å². The van der Waals surface area contributed by atoms with Crippen molar-refractivity contribution >= 4 is 34.6 Å². The van der Waals surface area contributed by atoms with E-state index >= 15 is 0 Å². The molecule has 3 rings (SSSR count). The number of thiazole rings is 1. The van der Waals surface area contributed by atoms with Crippen LogP contribution in [0.4, 0.5) is 0 Å². The van der Waals surface area contributed by atoms with Crippen LogP contribution in [-0.2, 0) is 20.7 Å². The standard InChI is InChI=1S/C17H20N2O3S2/c1-2-22-16(21)9-19(8-12-3-4-12)15(20)7-14-11-24-17(18-14)13-5-6-23-10-13/h5-6,10-12H,2-4,7-9H2,1H3. The van der Waals surface area contributed by atoms with Crippen molar-refractivity contribution in [2.24, 2.45) is 5.92 Å². The second kappa shape index (κ2) is 7.90. The van der Waals surface area contributed by atoms with Gasteiger partial charge in [0.25, 0.3) is 0 Å². The highest BCUT2D eigenvalue weighted by Gasteiger charge is 2.28. The molecule has 24 heavy (non-hydrogen) atoms. The topological polar surface area (TPSA) is 59.5 Å². The van der Waals surface area contributed by atoms with Crippen molar-refractivity contribution in [1.82, 2.24) is 9.88 Å². The third-order valence-electron chi connectivity index (χ3n) is 3.81. The van der Waals surface area contributed by atoms with Crippen molar-refractivity contribution < 1.29 is 14.3 Å². The summed E-state index contributed by atoms with van der Waals surface area (Å²) in [6.07, 6.45) is 2.49. The lowest BCUT2D eigenvalue weighted by molar-refractivity contribution is -0.148. The number of hydrogen-bond acceptors (Lipinski definition) is 6. The van der Waals surface area contributed by atoms with E-state index in [1.165, 1.54) is 0 Å². The Morgan fingerprint density at radius 2 is 2.21 bits per heavy atom. The molecule has 0 N–H and O–H groups in total. The van der Waals surface area contributed by atoms with E-state index in [2.05, 4.69) is 4.98 Å². The molecule has 0 aromatic carbocycles. The number of ether oxygens (including phenoxy) is 1. The maximum absolute atomic E-state index is 12.6. The minimum Gasteiger partial charge on any atom is -0.465 e. The van der Waals surface area contributed by atoms with E-state index < -0.39 is 0 Å². The molecule has 128 valence electrons. The van der Waals surface area contributed by atoms with Crippen LogP contribution in [0.5, 0.6) is 0 Å². The van der Waals surface area contributed by atoms with Crippen molar-refractivity contribution in [2.45, 2.75) is 26.2 Å². The summed E-state index contributed by atoms with van der Waals surface area (Å²) in [4.78, 5) is 30.5. The molecule has 0 aliphatic heterocycles. The molecule has 0 saturated heterocycles. The van der Waals surface area contributed by atoms with Gasteiger partial charge in [0.15, 0.2) is 0 Å². The van der Waals surface area contributed by atoms with Gasteiger partial charge in [0.2, 0.25) is 5.91 Å². The minimum atomic E-state index is -0.344. The van der Waals surface area contributed by atoms with Gasteiger partial charge >= 0.3 is 5.97 Å². The molecule has 1 fully saturated rings. The van der Waals surface area contributed by atoms with Crippen molar-refractivity contribution in [3.05, 3.63) is 27.9 Å². The van der Waals surface area contributed by atoms with Crippen LogP contribution in [0.15, 0.2) is 22.2 Å². The summed E-state index contributed by atoms with van der Waals surface area (Å²) in [6, 6.07) is 2.02. The summed E-state index contributed by atoms with van der Waals surface area (Å²) < 4.78 is 4.98. The number of thiophene rings is 1. The van der Waals surface area contributed by atoms with Crippen molar-refractivity contribution in [3.63, 3.8) is 0 Å². The highest BCUT2D eigenvalue weighted by Crippen LogP contribution is 2.30. The summed E-state index contributed by atoms with van der Waals surface area (Å²) in [7, 11) is 0. The van der Waals surface area contributed by atoms with Gasteiger partial charge in [0.05, 0.1) is 18.7 Å². The smallest absolute Gasteiger partial charge is 0.325 e. The first-order valence-electron chi connectivity index (χ1n) is 8.06. The Kier molecular flexibility index (Phi) is 5.63. The molecule has 1 saturated carbocycles. The molecule has 2 aromatic heterocycles. The minimum absolute atomic E-state index is 0.0324. The molecule has 2 aromatic rings. The van der Waals surface area contributed by atoms with Crippen LogP contribution in [0.1, 0.15) is 25.5 Å². The number of aromatic nitrogens is 1. The fourth-order valence-corrected chi connectivity index (χ4v) is 3.93. The van der Waals surface area contributed by atoms with Crippen molar-refractivity contribution in [2.75, 3.05) is 19.7 Å². The second-order valence-electron chi connectivity index (χ2n) is 5.86. The van der Waals surface area contributed by atoms with Crippen LogP contribution in [0.3, 0.4) is 0 Å². The second-order valence-corrected chi connectivity index (χ2v) is 7.49. The van der Waals surface area contributed by atoms with Gasteiger partial charge in [0.1, 0.15) is 11.6 Å². The Bertz CT molecular complexity index is 693. The Labute approximate surface area is 149 Å². The van der Waals surface area contributed by atoms with Crippen molar-refractivity contribution in [1.29, 1.82) is 0 Å². The van der Waals surface area contributed by atoms with Gasteiger partial charge in [-0.25, -0.2) is 4.98 Å². The van der Waals surface area contributed by atoms with E-state index in [9.17, 15) is 9.59 Å². The molecule has 1 aliphatic rings. The average Bonchev–Trinajstić information content (AvgIpc) is 3.02. The Morgan fingerprint density at radius 1 is 1.38 bits per heavy atom. The highest BCUT2D eigenvalue weighted by molar-refractivity contribution is 7.14. The number of esters is 1. The quantitative estimate of drug-likeness (QED) is 0.675. The third-order valence-corrected chi connectivity index (χ3v) is 5.43. The largest absolute Gasteiger partial charge is 0.465 e. The normalized spacial score (nSPS) is 13.7. The van der Waals surface area contributed by atoms with Crippen LogP contribution >= 0.6 is 22.7 Å². The molecule has 2 heterocycles. The van der Waals surface area contributed by atoms with E-state index in [4.69, 9.17) is 4.74 Å². The molecule has 7 heteroatoms. The van der Waals surface area contributed by atoms with Crippen LogP contribution < -0.4 is 0 Å². The van der Waals surface area contributed by atoms with Crippen LogP contribution in [0.25, 0.3) is 10.6 Å². The van der Waals surface area contributed by atoms with Crippen LogP contribution in [0, 0.1) is 5.92 Å². The first kappa shape index (κ1) is 17.1. The van der Waals surface area contributed by atoms with E-state index in [1.807, 2.05) is 22.2 Å². The highest BCUT2D eigenvalue weighted by atomic mass is 32.1. The van der Waals surface area contributed by atoms with Gasteiger partial charge in [-0.05, 0) is 37.1 Å². The predicted molar refractivity (Wildman–Crippen MR) is 95.1 cm³/mol. The predicted octanol–water partition coefficient (Wildman–Crippen LogP) is 3.22. The average molecular weight is 364 g/mol. The zero-order valence-electron chi connectivity index (χ0n) is 13.6. The maximum atomic E-state index is 12.6. The molecule has 0 spiro atoms. The zero-order valence-corrected chi connectivity index (χ0v) is 15.2. The number of hydrogen-bond donors (Lipinski definition) is 0. The zero-order chi connectivity index (χ0) is 16.9. The molecule has 0 bridgehead atoms. The number of nitrogens with zero attached hydrogens (tertiary/aromatic N) is 2. The lowest BCUT2D eigenvalue weighted by Gasteiger charge is -2.21. The molecule has 5 nitrogen and oxygen atoms in total. The lowest BCUT2D eigenvalue weighted by atomic mass is 10.2. The summed E-state index contributed by atoms with van der Waals surface area (Å²) in [5.74, 6) is 0.126. The van der Waals surface area contributed by atoms with Gasteiger partial charge in [-0.2, -0.15) is 11.3 Å². The summed E-state index contributed by atoms with van der Waals surface area (Å²) in [5, 5.41) is 6.91. The molecule has 0 unspecified atom stereocenters. The molecule has 1 aliphatic carbocycles. The monoisotopic (exact) mass is 364 g/mol. The molecular weight excluding hydrogens is 344 g/mol. The molecule has 0 radical (unpaired) electrons. The number of amides is 1. The van der Waals surface area contributed by atoms with Crippen LogP contribution in [0.2, 0.25) is 0 Å². The molecular formula is C17H20N2O3S2. The van der Waals surface area contributed by atoms with Gasteiger partial charge in [-0.3, -0.25) is 9.59 Å². The van der Waals surface area contributed by atoms with Gasteiger partial charge in [0, 0.05) is 22.9 Å². The summed E-state index contributed by atoms with van der Waals surface area (Å²) in [5.41, 5.74) is 1.85. The van der Waals surface area contributed by atoms with E-state index in [0.29, 0.717) is 19.1 Å². The summed E-state index contributed by atoms with van der Waals surface area (Å²) in [6.45, 7) is 2.77. The maximum Gasteiger partial charge on any atom is 0.325 e. The number of carbonyl (C=O) groups excluding carboxylic acids is 2. The lowest BCUT2D eigenvalue weighted by Crippen LogP contribution is -2.39. The van der Waals surface area contributed by atoms with Crippen molar-refractivity contribution in [3.8, 4) is 10.6 Å². The van der Waals surface area contributed by atoms with Gasteiger partial charge in [-0.1, -0.05) is 0 Å². The molecule has 1 amide bonds. The first-order valence-corrected chi connectivity index (χ1v) is 9.88. The van der Waals surface area contributed by atoms with E-state index in [0.717, 1.165) is 29.1 Å². The van der Waals surface area contributed by atoms with Gasteiger partial charge < -0.3 is 9.64 Å².